The van der Waals surface area contributed by atoms with E-state index in [2.05, 4.69) is 11.9 Å². The third-order valence-electron chi connectivity index (χ3n) is 4.01. The number of aromatic nitrogens is 1. The van der Waals surface area contributed by atoms with Gasteiger partial charge in [0, 0.05) is 12.1 Å². The topological polar surface area (TPSA) is 43.6 Å². The molecule has 0 unspecified atom stereocenters. The van der Waals surface area contributed by atoms with Gasteiger partial charge in [-0.05, 0) is 49.7 Å². The number of nitrogens with zero attached hydrogens (tertiary/aromatic N) is 2. The summed E-state index contributed by atoms with van der Waals surface area (Å²) in [5.74, 6) is 0.0401. The minimum atomic E-state index is -0.333. The number of carbonyl (C=O) groups excluding carboxylic acids is 1. The van der Waals surface area contributed by atoms with Gasteiger partial charge in [0.15, 0.2) is 4.80 Å². The van der Waals surface area contributed by atoms with Gasteiger partial charge < -0.3 is 9.30 Å². The fourth-order valence-corrected chi connectivity index (χ4v) is 3.76. The lowest BCUT2D eigenvalue weighted by atomic mass is 10.2. The average Bonchev–Trinajstić information content (AvgIpc) is 2.98. The van der Waals surface area contributed by atoms with E-state index in [1.54, 1.807) is 24.3 Å². The number of amides is 1. The molecule has 0 fully saturated rings. The van der Waals surface area contributed by atoms with Crippen LogP contribution in [0.25, 0.3) is 10.2 Å². The third-order valence-corrected chi connectivity index (χ3v) is 5.05. The SMILES string of the molecule is CCCCOc1cccc(C(=O)N=c2sc3cc(F)ccc3n2CC)c1. The molecule has 0 spiro atoms. The highest BCUT2D eigenvalue weighted by molar-refractivity contribution is 7.16. The maximum Gasteiger partial charge on any atom is 0.279 e. The highest BCUT2D eigenvalue weighted by atomic mass is 32.1. The largest absolute Gasteiger partial charge is 0.494 e. The minimum Gasteiger partial charge on any atom is -0.494 e. The van der Waals surface area contributed by atoms with Crippen molar-refractivity contribution < 1.29 is 13.9 Å². The number of ether oxygens (including phenoxy) is 1. The maximum absolute atomic E-state index is 13.5. The first-order valence-electron chi connectivity index (χ1n) is 8.73. The summed E-state index contributed by atoms with van der Waals surface area (Å²) in [7, 11) is 0. The fourth-order valence-electron chi connectivity index (χ4n) is 2.64. The summed E-state index contributed by atoms with van der Waals surface area (Å²) in [6.07, 6.45) is 2.02. The first-order chi connectivity index (χ1) is 12.6. The van der Waals surface area contributed by atoms with E-state index in [4.69, 9.17) is 4.74 Å². The van der Waals surface area contributed by atoms with Crippen molar-refractivity contribution in [1.82, 2.24) is 4.57 Å². The second-order valence-electron chi connectivity index (χ2n) is 5.89. The van der Waals surface area contributed by atoms with Gasteiger partial charge in [0.25, 0.3) is 5.91 Å². The highest BCUT2D eigenvalue weighted by Crippen LogP contribution is 2.19. The van der Waals surface area contributed by atoms with Crippen molar-refractivity contribution in [3.63, 3.8) is 0 Å². The van der Waals surface area contributed by atoms with E-state index < -0.39 is 0 Å². The Kier molecular flexibility index (Phi) is 5.83. The zero-order chi connectivity index (χ0) is 18.5. The van der Waals surface area contributed by atoms with Crippen LogP contribution in [-0.2, 0) is 6.54 Å². The van der Waals surface area contributed by atoms with Crippen molar-refractivity contribution in [3.8, 4) is 5.75 Å². The van der Waals surface area contributed by atoms with Crippen molar-refractivity contribution in [2.45, 2.75) is 33.2 Å². The lowest BCUT2D eigenvalue weighted by molar-refractivity contribution is 0.0997. The molecule has 3 aromatic rings. The molecular formula is C20H21FN2O2S. The van der Waals surface area contributed by atoms with Crippen LogP contribution in [-0.4, -0.2) is 17.1 Å². The molecule has 0 bridgehead atoms. The molecule has 0 saturated carbocycles. The van der Waals surface area contributed by atoms with Crippen LogP contribution in [0.3, 0.4) is 0 Å². The second kappa shape index (κ2) is 8.27. The summed E-state index contributed by atoms with van der Waals surface area (Å²) in [6.45, 7) is 5.35. The summed E-state index contributed by atoms with van der Waals surface area (Å²) in [4.78, 5) is 17.4. The summed E-state index contributed by atoms with van der Waals surface area (Å²) < 4.78 is 21.8. The second-order valence-corrected chi connectivity index (χ2v) is 6.90. The lowest BCUT2D eigenvalue weighted by Gasteiger charge is -2.06. The molecule has 3 rings (SSSR count). The molecular weight excluding hydrogens is 351 g/mol. The van der Waals surface area contributed by atoms with E-state index in [9.17, 15) is 9.18 Å². The van der Waals surface area contributed by atoms with Crippen molar-refractivity contribution in [3.05, 3.63) is 58.6 Å². The number of benzene rings is 2. The summed E-state index contributed by atoms with van der Waals surface area (Å²) >= 11 is 1.31. The van der Waals surface area contributed by atoms with Crippen LogP contribution < -0.4 is 9.54 Å². The first kappa shape index (κ1) is 18.3. The number of hydrogen-bond acceptors (Lipinski definition) is 3. The Morgan fingerprint density at radius 2 is 2.08 bits per heavy atom. The van der Waals surface area contributed by atoms with E-state index in [0.29, 0.717) is 29.3 Å². The molecule has 4 nitrogen and oxygen atoms in total. The van der Waals surface area contributed by atoms with Gasteiger partial charge >= 0.3 is 0 Å². The van der Waals surface area contributed by atoms with Gasteiger partial charge in [-0.1, -0.05) is 30.7 Å². The number of thiazole rings is 1. The number of aryl methyl sites for hydroxylation is 1. The molecule has 26 heavy (non-hydrogen) atoms. The van der Waals surface area contributed by atoms with Gasteiger partial charge in [-0.25, -0.2) is 4.39 Å². The van der Waals surface area contributed by atoms with Crippen LogP contribution in [0.1, 0.15) is 37.0 Å². The van der Waals surface area contributed by atoms with E-state index in [0.717, 1.165) is 23.1 Å². The normalized spacial score (nSPS) is 11.9. The first-order valence-corrected chi connectivity index (χ1v) is 9.54. The Balaban J connectivity index is 1.93. The quantitative estimate of drug-likeness (QED) is 0.584. The molecule has 0 aliphatic carbocycles. The molecule has 0 atom stereocenters. The average molecular weight is 372 g/mol. The van der Waals surface area contributed by atoms with Gasteiger partial charge in [0.1, 0.15) is 11.6 Å². The van der Waals surface area contributed by atoms with Crippen LogP contribution in [0.4, 0.5) is 4.39 Å². The van der Waals surface area contributed by atoms with Crippen molar-refractivity contribution >= 4 is 27.5 Å². The molecule has 136 valence electrons. The van der Waals surface area contributed by atoms with Crippen LogP contribution >= 0.6 is 11.3 Å². The minimum absolute atomic E-state index is 0.295. The fraction of sp³-hybridized carbons (Fsp3) is 0.300. The predicted octanol–water partition coefficient (Wildman–Crippen LogP) is 4.78. The maximum atomic E-state index is 13.5. The summed E-state index contributed by atoms with van der Waals surface area (Å²) in [6, 6.07) is 11.7. The molecule has 1 aromatic heterocycles. The standard InChI is InChI=1S/C20H21FN2O2S/c1-3-5-11-25-16-8-6-7-14(12-16)19(24)22-20-23(4-2)17-10-9-15(21)13-18(17)26-20/h6-10,12-13H,3-5,11H2,1-2H3. The molecule has 0 aliphatic rings. The molecule has 1 heterocycles. The van der Waals surface area contributed by atoms with Crippen LogP contribution in [0, 0.1) is 5.82 Å². The highest BCUT2D eigenvalue weighted by Gasteiger charge is 2.10. The number of halogens is 1. The van der Waals surface area contributed by atoms with Gasteiger partial charge in [-0.3, -0.25) is 4.79 Å². The van der Waals surface area contributed by atoms with Crippen molar-refractivity contribution in [1.29, 1.82) is 0 Å². The molecule has 0 saturated heterocycles. The molecule has 1 amide bonds. The predicted molar refractivity (Wildman–Crippen MR) is 102 cm³/mol. The van der Waals surface area contributed by atoms with Gasteiger partial charge in [-0.2, -0.15) is 4.99 Å². The number of rotatable bonds is 6. The van der Waals surface area contributed by atoms with Crippen LogP contribution in [0.2, 0.25) is 0 Å². The number of hydrogen-bond donors (Lipinski definition) is 0. The Hall–Kier alpha value is -2.47. The van der Waals surface area contributed by atoms with Crippen LogP contribution in [0.15, 0.2) is 47.5 Å². The zero-order valence-electron chi connectivity index (χ0n) is 14.9. The Labute approximate surface area is 155 Å². The monoisotopic (exact) mass is 372 g/mol. The van der Waals surface area contributed by atoms with Crippen molar-refractivity contribution in [2.75, 3.05) is 6.61 Å². The van der Waals surface area contributed by atoms with E-state index in [-0.39, 0.29) is 11.7 Å². The lowest BCUT2D eigenvalue weighted by Crippen LogP contribution is -2.15. The summed E-state index contributed by atoms with van der Waals surface area (Å²) in [5, 5.41) is 0. The Morgan fingerprint density at radius 3 is 2.85 bits per heavy atom. The molecule has 2 aromatic carbocycles. The van der Waals surface area contributed by atoms with E-state index in [1.807, 2.05) is 17.6 Å². The molecule has 0 radical (unpaired) electrons. The Morgan fingerprint density at radius 1 is 1.23 bits per heavy atom. The van der Waals surface area contributed by atoms with Gasteiger partial charge in [0.05, 0.1) is 16.8 Å². The Bertz CT molecular complexity index is 991. The van der Waals surface area contributed by atoms with Gasteiger partial charge in [-0.15, -0.1) is 0 Å². The van der Waals surface area contributed by atoms with Gasteiger partial charge in [0.2, 0.25) is 0 Å². The zero-order valence-corrected chi connectivity index (χ0v) is 15.7. The molecule has 6 heteroatoms. The number of unbranched alkanes of at least 4 members (excludes halogenated alkanes) is 1. The smallest absolute Gasteiger partial charge is 0.279 e. The third kappa shape index (κ3) is 4.02. The molecule has 0 aliphatic heterocycles. The van der Waals surface area contributed by atoms with E-state index >= 15 is 0 Å². The van der Waals surface area contributed by atoms with E-state index in [1.165, 1.54) is 23.5 Å². The number of fused-ring (bicyclic) bond motifs is 1. The molecule has 0 N–H and O–H groups in total. The van der Waals surface area contributed by atoms with Crippen molar-refractivity contribution in [2.24, 2.45) is 4.99 Å². The number of carbonyl (C=O) groups is 1. The van der Waals surface area contributed by atoms with Crippen LogP contribution in [0.5, 0.6) is 5.75 Å². The summed E-state index contributed by atoms with van der Waals surface area (Å²) in [5.41, 5.74) is 1.35.